The van der Waals surface area contributed by atoms with Crippen molar-refractivity contribution in [3.63, 3.8) is 0 Å². The summed E-state index contributed by atoms with van der Waals surface area (Å²) in [5.74, 6) is -2.36. The van der Waals surface area contributed by atoms with Crippen LogP contribution in [-0.4, -0.2) is 28.5 Å². The van der Waals surface area contributed by atoms with Gasteiger partial charge in [-0.3, -0.25) is 19.3 Å². The first-order valence-corrected chi connectivity index (χ1v) is 11.9. The second-order valence-electron chi connectivity index (χ2n) is 7.49. The second-order valence-corrected chi connectivity index (χ2v) is 9.30. The van der Waals surface area contributed by atoms with Crippen molar-refractivity contribution in [1.29, 1.82) is 0 Å². The molecular weight excluding hydrogens is 533 g/mol. The monoisotopic (exact) mass is 548 g/mol. The predicted molar refractivity (Wildman–Crippen MR) is 135 cm³/mol. The molecule has 1 fully saturated rings. The van der Waals surface area contributed by atoms with Crippen molar-refractivity contribution in [3.8, 4) is 5.75 Å². The van der Waals surface area contributed by atoms with E-state index in [1.54, 1.807) is 18.2 Å². The number of amides is 3. The van der Waals surface area contributed by atoms with Crippen molar-refractivity contribution in [1.82, 2.24) is 4.90 Å². The van der Waals surface area contributed by atoms with Crippen molar-refractivity contribution in [2.75, 3.05) is 11.9 Å². The first-order chi connectivity index (χ1) is 17.2. The molecule has 4 rings (SSSR count). The summed E-state index contributed by atoms with van der Waals surface area (Å²) in [4.78, 5) is 38.1. The summed E-state index contributed by atoms with van der Waals surface area (Å²) in [7, 11) is 0. The molecule has 0 atom stereocenters. The summed E-state index contributed by atoms with van der Waals surface area (Å²) in [5, 5.41) is 1.91. The van der Waals surface area contributed by atoms with Crippen molar-refractivity contribution >= 4 is 63.8 Å². The van der Waals surface area contributed by atoms with E-state index in [0.717, 1.165) is 4.90 Å². The van der Waals surface area contributed by atoms with Crippen LogP contribution >= 0.6 is 35.0 Å². The number of nitrogens with one attached hydrogen (secondary N) is 1. The fourth-order valence-corrected chi connectivity index (χ4v) is 4.70. The van der Waals surface area contributed by atoms with Crippen LogP contribution in [0.15, 0.2) is 65.6 Å². The van der Waals surface area contributed by atoms with E-state index in [9.17, 15) is 23.2 Å². The third-order valence-electron chi connectivity index (χ3n) is 4.97. The van der Waals surface area contributed by atoms with E-state index in [0.29, 0.717) is 22.9 Å². The van der Waals surface area contributed by atoms with Gasteiger partial charge in [-0.15, -0.1) is 0 Å². The Labute approximate surface area is 218 Å². The van der Waals surface area contributed by atoms with E-state index in [1.807, 2.05) is 0 Å². The minimum absolute atomic E-state index is 0.0471. The zero-order valence-electron chi connectivity index (χ0n) is 18.3. The summed E-state index contributed by atoms with van der Waals surface area (Å²) >= 11 is 13.2. The Morgan fingerprint density at radius 2 is 1.64 bits per heavy atom. The number of imide groups is 1. The number of nitrogens with zero attached hydrogens (tertiary/aromatic N) is 1. The van der Waals surface area contributed by atoms with Crippen LogP contribution in [0.25, 0.3) is 6.08 Å². The summed E-state index contributed by atoms with van der Waals surface area (Å²) < 4.78 is 33.2. The van der Waals surface area contributed by atoms with Gasteiger partial charge in [0.2, 0.25) is 5.91 Å². The average Bonchev–Trinajstić information content (AvgIpc) is 3.08. The first-order valence-electron chi connectivity index (χ1n) is 10.4. The van der Waals surface area contributed by atoms with Crippen LogP contribution in [0.2, 0.25) is 10.0 Å². The highest BCUT2D eigenvalue weighted by Crippen LogP contribution is 2.38. The smallest absolute Gasteiger partial charge is 0.294 e. The highest BCUT2D eigenvalue weighted by atomic mass is 35.5. The molecule has 1 heterocycles. The van der Waals surface area contributed by atoms with E-state index < -0.39 is 35.2 Å². The normalized spacial score (nSPS) is 14.4. The minimum Gasteiger partial charge on any atom is -0.486 e. The molecule has 1 saturated heterocycles. The molecule has 36 heavy (non-hydrogen) atoms. The standard InChI is InChI=1S/C25H16Cl2F2N2O4S/c26-16-9-14(10-17(27)23(16)35-13-15-5-1-2-6-18(15)28)11-21-24(33)31(25(34)36-21)12-22(32)30-20-8-4-3-7-19(20)29/h1-11H,12-13H2,(H,30,32)/b21-11-. The number of anilines is 1. The summed E-state index contributed by atoms with van der Waals surface area (Å²) in [5.41, 5.74) is 0.664. The van der Waals surface area contributed by atoms with E-state index in [2.05, 4.69) is 5.32 Å². The number of carbonyl (C=O) groups excluding carboxylic acids is 3. The Kier molecular flexibility index (Phi) is 7.93. The van der Waals surface area contributed by atoms with Gasteiger partial charge in [0.15, 0.2) is 5.75 Å². The molecule has 11 heteroatoms. The van der Waals surface area contributed by atoms with Crippen LogP contribution in [0.3, 0.4) is 0 Å². The first kappa shape index (κ1) is 25.7. The quantitative estimate of drug-likeness (QED) is 0.340. The van der Waals surface area contributed by atoms with Gasteiger partial charge in [-0.1, -0.05) is 53.5 Å². The summed E-state index contributed by atoms with van der Waals surface area (Å²) in [6, 6.07) is 14.6. The Balaban J connectivity index is 1.45. The number of para-hydroxylation sites is 1. The maximum Gasteiger partial charge on any atom is 0.294 e. The lowest BCUT2D eigenvalue weighted by Gasteiger charge is -2.13. The van der Waals surface area contributed by atoms with E-state index >= 15 is 0 Å². The third kappa shape index (κ3) is 5.87. The number of thioether (sulfide) groups is 1. The van der Waals surface area contributed by atoms with Crippen molar-refractivity contribution in [2.45, 2.75) is 6.61 Å². The van der Waals surface area contributed by atoms with Crippen molar-refractivity contribution < 1.29 is 27.9 Å². The number of hydrogen-bond acceptors (Lipinski definition) is 5. The van der Waals surface area contributed by atoms with Crippen LogP contribution in [0.4, 0.5) is 19.3 Å². The second kappa shape index (κ2) is 11.1. The molecule has 184 valence electrons. The fraction of sp³-hybridized carbons (Fsp3) is 0.0800. The van der Waals surface area contributed by atoms with Gasteiger partial charge < -0.3 is 10.1 Å². The van der Waals surface area contributed by atoms with Gasteiger partial charge in [-0.25, -0.2) is 8.78 Å². The Morgan fingerprint density at radius 1 is 1.00 bits per heavy atom. The van der Waals surface area contributed by atoms with Gasteiger partial charge in [0.05, 0.1) is 20.6 Å². The van der Waals surface area contributed by atoms with E-state index in [4.69, 9.17) is 27.9 Å². The molecule has 1 aliphatic heterocycles. The van der Waals surface area contributed by atoms with Gasteiger partial charge in [-0.2, -0.15) is 0 Å². The van der Waals surface area contributed by atoms with Gasteiger partial charge >= 0.3 is 0 Å². The van der Waals surface area contributed by atoms with Crippen LogP contribution < -0.4 is 10.1 Å². The molecule has 0 radical (unpaired) electrons. The van der Waals surface area contributed by atoms with Crippen LogP contribution in [-0.2, 0) is 16.2 Å². The van der Waals surface area contributed by atoms with Crippen molar-refractivity contribution in [3.05, 3.63) is 98.4 Å². The molecule has 3 aromatic rings. The highest BCUT2D eigenvalue weighted by Gasteiger charge is 2.36. The number of ether oxygens (including phenoxy) is 1. The van der Waals surface area contributed by atoms with Gasteiger partial charge in [0, 0.05) is 5.56 Å². The Morgan fingerprint density at radius 3 is 2.31 bits per heavy atom. The fourth-order valence-electron chi connectivity index (χ4n) is 3.25. The third-order valence-corrected chi connectivity index (χ3v) is 6.44. The average molecular weight is 549 g/mol. The number of benzene rings is 3. The van der Waals surface area contributed by atoms with E-state index in [-0.39, 0.29) is 33.0 Å². The molecule has 1 N–H and O–H groups in total. The van der Waals surface area contributed by atoms with Crippen LogP contribution in [0, 0.1) is 11.6 Å². The SMILES string of the molecule is O=C(CN1C(=O)S/C(=C\c2cc(Cl)c(OCc3ccccc3F)c(Cl)c2)C1=O)Nc1ccccc1F. The predicted octanol–water partition coefficient (Wildman–Crippen LogP) is 6.53. The number of carbonyl (C=O) groups is 3. The lowest BCUT2D eigenvalue weighted by molar-refractivity contribution is -0.127. The van der Waals surface area contributed by atoms with Crippen LogP contribution in [0.5, 0.6) is 5.75 Å². The molecule has 0 aliphatic carbocycles. The Hall–Kier alpha value is -3.40. The molecule has 3 amide bonds. The summed E-state index contributed by atoms with van der Waals surface area (Å²) in [6.45, 7) is -0.681. The highest BCUT2D eigenvalue weighted by molar-refractivity contribution is 8.18. The molecule has 1 aliphatic rings. The van der Waals surface area contributed by atoms with Crippen molar-refractivity contribution in [2.24, 2.45) is 0 Å². The largest absolute Gasteiger partial charge is 0.486 e. The summed E-state index contributed by atoms with van der Waals surface area (Å²) in [6.07, 6.45) is 1.40. The molecule has 0 unspecified atom stereocenters. The molecule has 3 aromatic carbocycles. The number of halogens is 4. The molecule has 0 aromatic heterocycles. The Bertz CT molecular complexity index is 1380. The van der Waals surface area contributed by atoms with E-state index in [1.165, 1.54) is 48.5 Å². The van der Waals surface area contributed by atoms with Crippen LogP contribution in [0.1, 0.15) is 11.1 Å². The molecular formula is C25H16Cl2F2N2O4S. The molecule has 0 bridgehead atoms. The lowest BCUT2D eigenvalue weighted by Crippen LogP contribution is -2.36. The molecule has 6 nitrogen and oxygen atoms in total. The zero-order chi connectivity index (χ0) is 25.8. The lowest BCUT2D eigenvalue weighted by atomic mass is 10.2. The topological polar surface area (TPSA) is 75.7 Å². The van der Waals surface area contributed by atoms with Gasteiger partial charge in [0.1, 0.15) is 24.8 Å². The molecule has 0 saturated carbocycles. The number of hydrogen-bond donors (Lipinski definition) is 1. The maximum absolute atomic E-state index is 13.8. The molecule has 0 spiro atoms. The number of rotatable bonds is 7. The van der Waals surface area contributed by atoms with Gasteiger partial charge in [0.25, 0.3) is 11.1 Å². The minimum atomic E-state index is -0.730. The zero-order valence-corrected chi connectivity index (χ0v) is 20.6. The maximum atomic E-state index is 13.8. The van der Waals surface area contributed by atoms with Gasteiger partial charge in [-0.05, 0) is 53.7 Å².